The van der Waals surface area contributed by atoms with E-state index in [2.05, 4.69) is 47.1 Å². The first-order valence-corrected chi connectivity index (χ1v) is 11.0. The second-order valence-corrected chi connectivity index (χ2v) is 8.98. The van der Waals surface area contributed by atoms with Gasteiger partial charge in [-0.3, -0.25) is 4.79 Å². The highest BCUT2D eigenvalue weighted by molar-refractivity contribution is 9.10. The number of ketones is 1. The highest BCUT2D eigenvalue weighted by atomic mass is 79.9. The lowest BCUT2D eigenvalue weighted by Crippen LogP contribution is -2.52. The summed E-state index contributed by atoms with van der Waals surface area (Å²) in [7, 11) is 0. The smallest absolute Gasteiger partial charge is 0.352 e. The van der Waals surface area contributed by atoms with Crippen molar-refractivity contribution in [3.8, 4) is 0 Å². The molecule has 0 bridgehead atoms. The second-order valence-electron chi connectivity index (χ2n) is 7.15. The summed E-state index contributed by atoms with van der Waals surface area (Å²) >= 11 is 6.69. The lowest BCUT2D eigenvalue weighted by Gasteiger charge is -2.25. The van der Waals surface area contributed by atoms with Crippen molar-refractivity contribution in [1.82, 2.24) is 15.3 Å². The first-order valence-electron chi connectivity index (χ1n) is 9.43. The Bertz CT molecular complexity index is 1190. The van der Waals surface area contributed by atoms with Gasteiger partial charge in [-0.2, -0.15) is 0 Å². The zero-order valence-corrected chi connectivity index (χ0v) is 21.2. The molecule has 3 heterocycles. The van der Waals surface area contributed by atoms with Crippen molar-refractivity contribution < 1.29 is 23.5 Å². The maximum atomic E-state index is 11.5. The highest BCUT2D eigenvalue weighted by Crippen LogP contribution is 2.21. The fourth-order valence-electron chi connectivity index (χ4n) is 2.82. The van der Waals surface area contributed by atoms with Gasteiger partial charge in [0.15, 0.2) is 5.78 Å². The van der Waals surface area contributed by atoms with Crippen LogP contribution in [0.15, 0.2) is 57.5 Å². The molecule has 11 heteroatoms. The van der Waals surface area contributed by atoms with Gasteiger partial charge in [-0.15, -0.1) is 12.4 Å². The highest BCUT2D eigenvalue weighted by Gasteiger charge is 2.36. The molecule has 5 rings (SSSR count). The number of aromatic nitrogens is 2. The van der Waals surface area contributed by atoms with Crippen LogP contribution in [0.5, 0.6) is 0 Å². The molecule has 0 atom stereocenters. The molecule has 1 fully saturated rings. The average molecular weight is 608 g/mol. The van der Waals surface area contributed by atoms with Crippen LogP contribution in [0.3, 0.4) is 0 Å². The van der Waals surface area contributed by atoms with Gasteiger partial charge in [-0.05, 0) is 42.5 Å². The summed E-state index contributed by atoms with van der Waals surface area (Å²) in [5, 5.41) is 13.1. The van der Waals surface area contributed by atoms with Crippen LogP contribution in [0.4, 0.5) is 8.78 Å². The largest absolute Gasteiger partial charge is 0.477 e. The van der Waals surface area contributed by atoms with Crippen molar-refractivity contribution in [1.29, 1.82) is 0 Å². The summed E-state index contributed by atoms with van der Waals surface area (Å²) in [5.41, 5.74) is 2.70. The fourth-order valence-corrected chi connectivity index (χ4v) is 3.56. The van der Waals surface area contributed by atoms with Crippen LogP contribution in [0.1, 0.15) is 27.9 Å². The molecule has 1 saturated heterocycles. The molecule has 0 spiro atoms. The standard InChI is InChI=1S/C10H8BrNO.C9H6BrNO2.C3H5F2N.ClH/c1-6(13)10-5-7-4-8(11)2-3-9(7)12-10;10-6-2-1-5-3-8(9(12)13)11-7(5)4-6;4-3(5)1-6-2-3;/h2-5,12H,1H3;1-4,11H,(H,12,13);6H,1-2H2;1H. The van der Waals surface area contributed by atoms with E-state index in [4.69, 9.17) is 5.11 Å². The number of alkyl halides is 2. The molecule has 176 valence electrons. The van der Waals surface area contributed by atoms with E-state index >= 15 is 0 Å². The quantitative estimate of drug-likeness (QED) is 0.198. The average Bonchev–Trinajstić information content (AvgIpc) is 3.31. The van der Waals surface area contributed by atoms with Gasteiger partial charge in [-0.1, -0.05) is 37.9 Å². The van der Waals surface area contributed by atoms with Gasteiger partial charge >= 0.3 is 5.97 Å². The van der Waals surface area contributed by atoms with E-state index in [1.54, 1.807) is 13.0 Å². The number of carboxylic acids is 1. The number of rotatable bonds is 2. The number of Topliss-reactive ketones (excluding diaryl/α,β-unsaturated/α-hetero) is 1. The maximum absolute atomic E-state index is 11.5. The Morgan fingerprint density at radius 1 is 0.879 bits per heavy atom. The molecular weight excluding hydrogens is 588 g/mol. The summed E-state index contributed by atoms with van der Waals surface area (Å²) in [6.45, 7) is 1.29. The molecule has 0 aliphatic carbocycles. The van der Waals surface area contributed by atoms with Crippen LogP contribution in [0, 0.1) is 0 Å². The van der Waals surface area contributed by atoms with E-state index in [0.29, 0.717) is 5.69 Å². The van der Waals surface area contributed by atoms with Crippen LogP contribution in [-0.4, -0.2) is 45.8 Å². The number of carbonyl (C=O) groups excluding carboxylic acids is 1. The van der Waals surface area contributed by atoms with Crippen molar-refractivity contribution in [2.24, 2.45) is 0 Å². The van der Waals surface area contributed by atoms with Crippen LogP contribution in [-0.2, 0) is 0 Å². The Morgan fingerprint density at radius 2 is 1.42 bits per heavy atom. The van der Waals surface area contributed by atoms with Gasteiger partial charge < -0.3 is 20.4 Å². The van der Waals surface area contributed by atoms with Crippen LogP contribution in [0.2, 0.25) is 0 Å². The van der Waals surface area contributed by atoms with E-state index in [9.17, 15) is 18.4 Å². The molecule has 33 heavy (non-hydrogen) atoms. The van der Waals surface area contributed by atoms with Gasteiger partial charge in [0, 0.05) is 37.7 Å². The zero-order chi connectivity index (χ0) is 23.5. The monoisotopic (exact) mass is 605 g/mol. The van der Waals surface area contributed by atoms with E-state index < -0.39 is 11.9 Å². The number of aromatic amines is 2. The molecule has 1 aliphatic heterocycles. The molecule has 4 aromatic rings. The van der Waals surface area contributed by atoms with Crippen LogP contribution >= 0.6 is 44.3 Å². The number of hydrogen-bond acceptors (Lipinski definition) is 3. The minimum absolute atomic E-state index is 0. The summed E-state index contributed by atoms with van der Waals surface area (Å²) in [6.07, 6.45) is 0. The number of fused-ring (bicyclic) bond motifs is 2. The number of carbonyl (C=O) groups is 2. The predicted octanol–water partition coefficient (Wildman–Crippen LogP) is 6.41. The Balaban J connectivity index is 0.000000184. The summed E-state index contributed by atoms with van der Waals surface area (Å²) in [4.78, 5) is 27.5. The summed E-state index contributed by atoms with van der Waals surface area (Å²) in [5.74, 6) is -3.26. The summed E-state index contributed by atoms with van der Waals surface area (Å²) < 4.78 is 24.9. The van der Waals surface area contributed by atoms with Gasteiger partial charge in [0.1, 0.15) is 5.69 Å². The molecular formula is C22H20Br2ClF2N3O3. The topological polar surface area (TPSA) is 98.0 Å². The van der Waals surface area contributed by atoms with Gasteiger partial charge in [0.25, 0.3) is 5.92 Å². The van der Waals surface area contributed by atoms with Crippen molar-refractivity contribution in [2.75, 3.05) is 13.1 Å². The molecule has 4 N–H and O–H groups in total. The lowest BCUT2D eigenvalue weighted by atomic mass is 10.2. The molecule has 2 aromatic heterocycles. The predicted molar refractivity (Wildman–Crippen MR) is 134 cm³/mol. The number of aromatic carboxylic acids is 1. The Morgan fingerprint density at radius 3 is 1.97 bits per heavy atom. The van der Waals surface area contributed by atoms with Crippen molar-refractivity contribution in [2.45, 2.75) is 12.8 Å². The number of nitrogens with one attached hydrogen (secondary N) is 3. The van der Waals surface area contributed by atoms with Crippen LogP contribution in [0.25, 0.3) is 21.8 Å². The van der Waals surface area contributed by atoms with Crippen molar-refractivity contribution in [3.63, 3.8) is 0 Å². The lowest BCUT2D eigenvalue weighted by molar-refractivity contribution is -0.0475. The van der Waals surface area contributed by atoms with E-state index in [1.807, 2.05) is 42.5 Å². The Hall–Kier alpha value is -2.27. The molecule has 2 aromatic carbocycles. The first kappa shape index (κ1) is 27.0. The molecule has 0 saturated carbocycles. The molecule has 0 amide bonds. The minimum atomic E-state index is -2.39. The number of hydrogen-bond donors (Lipinski definition) is 4. The molecule has 1 aliphatic rings. The maximum Gasteiger partial charge on any atom is 0.352 e. The molecule has 6 nitrogen and oxygen atoms in total. The van der Waals surface area contributed by atoms with Crippen LogP contribution < -0.4 is 5.32 Å². The normalized spacial score (nSPS) is 13.6. The number of halogens is 5. The van der Waals surface area contributed by atoms with Gasteiger partial charge in [0.2, 0.25) is 0 Å². The summed E-state index contributed by atoms with van der Waals surface area (Å²) in [6, 6.07) is 14.9. The molecule has 0 unspecified atom stereocenters. The fraction of sp³-hybridized carbons (Fsp3) is 0.182. The van der Waals surface area contributed by atoms with Gasteiger partial charge in [-0.25, -0.2) is 13.6 Å². The first-order chi connectivity index (χ1) is 15.0. The second kappa shape index (κ2) is 11.2. The van der Waals surface area contributed by atoms with E-state index in [0.717, 1.165) is 30.8 Å². The third-order valence-electron chi connectivity index (χ3n) is 4.54. The van der Waals surface area contributed by atoms with Gasteiger partial charge in [0.05, 0.1) is 18.8 Å². The zero-order valence-electron chi connectivity index (χ0n) is 17.2. The number of H-pyrrole nitrogens is 2. The van der Waals surface area contributed by atoms with Crippen molar-refractivity contribution >= 4 is 77.8 Å². The van der Waals surface area contributed by atoms with E-state index in [-0.39, 0.29) is 37.0 Å². The Labute approximate surface area is 210 Å². The Kier molecular flexibility index (Phi) is 9.19. The number of benzene rings is 2. The SMILES string of the molecule is CC(=O)c1cc2cc(Br)ccc2[nH]1.Cl.FC1(F)CNC1.O=C(O)c1cc2ccc(Br)cc2[nH]1. The minimum Gasteiger partial charge on any atom is -0.477 e. The third-order valence-corrected chi connectivity index (χ3v) is 5.53. The third kappa shape index (κ3) is 7.36. The number of carboxylic acid groups (broad SMARTS) is 1. The van der Waals surface area contributed by atoms with E-state index in [1.165, 1.54) is 0 Å². The van der Waals surface area contributed by atoms with Crippen molar-refractivity contribution in [3.05, 3.63) is 68.9 Å². The molecule has 0 radical (unpaired) electrons.